The summed E-state index contributed by atoms with van der Waals surface area (Å²) in [4.78, 5) is 24.4. The van der Waals surface area contributed by atoms with Crippen LogP contribution in [-0.4, -0.2) is 10.7 Å². The number of nitro groups is 1. The van der Waals surface area contributed by atoms with Gasteiger partial charge >= 0.3 is 0 Å². The Hall–Kier alpha value is -3.90. The van der Waals surface area contributed by atoms with Crippen LogP contribution >= 0.6 is 11.6 Å². The van der Waals surface area contributed by atoms with Crippen LogP contribution in [0.4, 0.5) is 11.4 Å². The van der Waals surface area contributed by atoms with E-state index >= 15 is 0 Å². The van der Waals surface area contributed by atoms with Crippen molar-refractivity contribution in [1.29, 1.82) is 0 Å². The molecule has 7 heteroatoms. The highest BCUT2D eigenvalue weighted by Crippen LogP contribution is 2.52. The maximum atomic E-state index is 13.6. The number of hydrogen-bond acceptors (Lipinski definition) is 5. The van der Waals surface area contributed by atoms with Crippen LogP contribution < -0.4 is 5.32 Å². The van der Waals surface area contributed by atoms with Gasteiger partial charge in [-0.2, -0.15) is 0 Å². The van der Waals surface area contributed by atoms with Crippen molar-refractivity contribution >= 4 is 45.1 Å². The third-order valence-corrected chi connectivity index (χ3v) is 7.40. The average Bonchev–Trinajstić information content (AvgIpc) is 3.32. The fourth-order valence-corrected chi connectivity index (χ4v) is 5.74. The number of nitro benzene ring substituents is 1. The number of carbonyl (C=O) groups excluding carboxylic acids is 1. The smallest absolute Gasteiger partial charge is 0.270 e. The number of anilines is 1. The van der Waals surface area contributed by atoms with Crippen LogP contribution in [0.1, 0.15) is 44.1 Å². The highest BCUT2D eigenvalue weighted by atomic mass is 35.5. The molecule has 3 aromatic carbocycles. The molecule has 0 saturated heterocycles. The predicted molar refractivity (Wildman–Crippen MR) is 141 cm³/mol. The summed E-state index contributed by atoms with van der Waals surface area (Å²) in [5.41, 5.74) is 3.83. The van der Waals surface area contributed by atoms with Crippen molar-refractivity contribution in [2.24, 2.45) is 5.41 Å². The molecule has 1 unspecified atom stereocenters. The zero-order valence-electron chi connectivity index (χ0n) is 19.8. The van der Waals surface area contributed by atoms with Gasteiger partial charge in [0.15, 0.2) is 5.78 Å². The zero-order valence-corrected chi connectivity index (χ0v) is 20.6. The van der Waals surface area contributed by atoms with Crippen LogP contribution in [0.25, 0.3) is 27.7 Å². The van der Waals surface area contributed by atoms with Crippen LogP contribution in [0.2, 0.25) is 5.02 Å². The number of benzene rings is 3. The van der Waals surface area contributed by atoms with Crippen LogP contribution in [-0.2, 0) is 4.79 Å². The van der Waals surface area contributed by atoms with Gasteiger partial charge in [0.25, 0.3) is 5.69 Å². The summed E-state index contributed by atoms with van der Waals surface area (Å²) in [7, 11) is 0. The summed E-state index contributed by atoms with van der Waals surface area (Å²) in [6.07, 6.45) is 1.22. The first-order chi connectivity index (χ1) is 17.2. The van der Waals surface area contributed by atoms with E-state index in [0.717, 1.165) is 39.6 Å². The Balaban J connectivity index is 1.51. The molecule has 180 valence electrons. The summed E-state index contributed by atoms with van der Waals surface area (Å²) in [6.45, 7) is 4.22. The summed E-state index contributed by atoms with van der Waals surface area (Å²) in [6, 6.07) is 19.7. The normalized spacial score (nSPS) is 18.5. The summed E-state index contributed by atoms with van der Waals surface area (Å²) < 4.78 is 6.26. The summed E-state index contributed by atoms with van der Waals surface area (Å²) in [5.74, 6) is 1.21. The van der Waals surface area contributed by atoms with E-state index in [1.54, 1.807) is 6.07 Å². The molecule has 0 bridgehead atoms. The van der Waals surface area contributed by atoms with Gasteiger partial charge in [-0.25, -0.2) is 0 Å². The lowest BCUT2D eigenvalue weighted by Crippen LogP contribution is -2.32. The molecule has 36 heavy (non-hydrogen) atoms. The predicted octanol–water partition coefficient (Wildman–Crippen LogP) is 7.97. The van der Waals surface area contributed by atoms with Gasteiger partial charge < -0.3 is 9.73 Å². The minimum absolute atomic E-state index is 0.0615. The third-order valence-electron chi connectivity index (χ3n) is 7.07. The molecular formula is C29H23ClN2O4. The van der Waals surface area contributed by atoms with Gasteiger partial charge in [-0.1, -0.05) is 55.8 Å². The monoisotopic (exact) mass is 498 g/mol. The Bertz CT molecular complexity index is 1610. The molecule has 1 N–H and O–H groups in total. The molecule has 2 heterocycles. The first kappa shape index (κ1) is 22.6. The van der Waals surface area contributed by atoms with Gasteiger partial charge in [0.1, 0.15) is 17.6 Å². The second kappa shape index (κ2) is 8.07. The number of Topliss-reactive ketones (excluding diaryl/α,β-unsaturated/α-hetero) is 1. The lowest BCUT2D eigenvalue weighted by atomic mass is 9.68. The molecule has 0 saturated carbocycles. The second-order valence-electron chi connectivity index (χ2n) is 10.3. The largest absolute Gasteiger partial charge is 0.458 e. The molecule has 1 aliphatic heterocycles. The number of nitrogens with one attached hydrogen (secondary N) is 1. The molecule has 0 fully saturated rings. The van der Waals surface area contributed by atoms with Gasteiger partial charge in [0, 0.05) is 40.9 Å². The number of carbonyl (C=O) groups is 1. The van der Waals surface area contributed by atoms with Gasteiger partial charge in [0.05, 0.1) is 9.95 Å². The van der Waals surface area contributed by atoms with E-state index in [4.69, 9.17) is 16.0 Å². The van der Waals surface area contributed by atoms with Crippen molar-refractivity contribution in [2.75, 3.05) is 5.32 Å². The number of allylic oxidation sites excluding steroid dienone is 1. The SMILES string of the molecule is CC1(C)CC(=O)C2=C(C1)C(c1ccc(-c3cc([N+](=O)[O-])ccc3Cl)o1)Nc1ccc3ccccc3c12. The Labute approximate surface area is 212 Å². The third kappa shape index (κ3) is 3.60. The van der Waals surface area contributed by atoms with Crippen LogP contribution in [0.3, 0.4) is 0 Å². The number of furan rings is 1. The van der Waals surface area contributed by atoms with E-state index < -0.39 is 4.92 Å². The second-order valence-corrected chi connectivity index (χ2v) is 10.7. The van der Waals surface area contributed by atoms with Gasteiger partial charge in [-0.05, 0) is 52.4 Å². The fraction of sp³-hybridized carbons (Fsp3) is 0.207. The molecule has 1 aliphatic carbocycles. The highest BCUT2D eigenvalue weighted by Gasteiger charge is 2.41. The topological polar surface area (TPSA) is 85.4 Å². The van der Waals surface area contributed by atoms with Gasteiger partial charge in [-0.3, -0.25) is 14.9 Å². The molecule has 0 radical (unpaired) electrons. The maximum Gasteiger partial charge on any atom is 0.270 e. The number of rotatable bonds is 3. The molecule has 4 aromatic rings. The first-order valence-corrected chi connectivity index (χ1v) is 12.2. The molecule has 1 atom stereocenters. The first-order valence-electron chi connectivity index (χ1n) is 11.8. The van der Waals surface area contributed by atoms with E-state index in [9.17, 15) is 14.9 Å². The quantitative estimate of drug-likeness (QED) is 0.228. The number of ketones is 1. The molecule has 6 nitrogen and oxygen atoms in total. The Morgan fingerprint density at radius 2 is 1.86 bits per heavy atom. The minimum atomic E-state index is -0.458. The number of nitrogens with zero attached hydrogens (tertiary/aromatic N) is 1. The van der Waals surface area contributed by atoms with Crippen molar-refractivity contribution < 1.29 is 14.1 Å². The number of fused-ring (bicyclic) bond motifs is 4. The zero-order chi connectivity index (χ0) is 25.2. The van der Waals surface area contributed by atoms with Crippen molar-refractivity contribution in [3.05, 3.63) is 98.8 Å². The molecule has 2 aliphatic rings. The van der Waals surface area contributed by atoms with Crippen LogP contribution in [0.15, 0.2) is 76.7 Å². The van der Waals surface area contributed by atoms with Gasteiger partial charge in [0.2, 0.25) is 0 Å². The number of non-ortho nitro benzene ring substituents is 1. The fourth-order valence-electron chi connectivity index (χ4n) is 5.53. The van der Waals surface area contributed by atoms with Crippen molar-refractivity contribution in [1.82, 2.24) is 0 Å². The lowest BCUT2D eigenvalue weighted by Gasteiger charge is -2.39. The Morgan fingerprint density at radius 3 is 2.67 bits per heavy atom. The average molecular weight is 499 g/mol. The Kier molecular flexibility index (Phi) is 5.05. The minimum Gasteiger partial charge on any atom is -0.458 e. The number of halogens is 1. The van der Waals surface area contributed by atoms with Crippen molar-refractivity contribution in [3.8, 4) is 11.3 Å². The number of hydrogen-bond donors (Lipinski definition) is 1. The molecular weight excluding hydrogens is 476 g/mol. The summed E-state index contributed by atoms with van der Waals surface area (Å²) in [5, 5.41) is 17.4. The maximum absolute atomic E-state index is 13.6. The molecule has 6 rings (SSSR count). The van der Waals surface area contributed by atoms with E-state index in [1.807, 2.05) is 24.3 Å². The molecule has 0 amide bonds. The standard InChI is InChI=1S/C29H23ClN2O4/c1-29(2)14-20-27(23(33)15-29)26-18-6-4-3-5-16(18)7-10-22(26)31-28(20)25-12-11-24(36-25)19-13-17(32(34)35)8-9-21(19)30/h3-13,28,31H,14-15H2,1-2H3. The van der Waals surface area contributed by atoms with E-state index in [0.29, 0.717) is 28.5 Å². The van der Waals surface area contributed by atoms with Gasteiger partial charge in [-0.15, -0.1) is 0 Å². The van der Waals surface area contributed by atoms with Crippen molar-refractivity contribution in [2.45, 2.75) is 32.7 Å². The van der Waals surface area contributed by atoms with Crippen LogP contribution in [0, 0.1) is 15.5 Å². The summed E-state index contributed by atoms with van der Waals surface area (Å²) >= 11 is 6.37. The Morgan fingerprint density at radius 1 is 1.06 bits per heavy atom. The van der Waals surface area contributed by atoms with E-state index in [2.05, 4.69) is 37.4 Å². The van der Waals surface area contributed by atoms with Crippen LogP contribution in [0.5, 0.6) is 0 Å². The highest BCUT2D eigenvalue weighted by molar-refractivity contribution is 6.33. The van der Waals surface area contributed by atoms with E-state index in [1.165, 1.54) is 18.2 Å². The lowest BCUT2D eigenvalue weighted by molar-refractivity contribution is -0.384. The molecule has 0 spiro atoms. The molecule has 1 aromatic heterocycles. The van der Waals surface area contributed by atoms with E-state index in [-0.39, 0.29) is 22.9 Å². The van der Waals surface area contributed by atoms with Crippen molar-refractivity contribution in [3.63, 3.8) is 0 Å².